The molecular weight excluding hydrogens is 228 g/mol. The van der Waals surface area contributed by atoms with Crippen molar-refractivity contribution in [3.05, 3.63) is 35.4 Å². The Balaban J connectivity index is 2.38. The first kappa shape index (κ1) is 14.7. The second kappa shape index (κ2) is 7.84. The van der Waals surface area contributed by atoms with Gasteiger partial charge >= 0.3 is 0 Å². The molecule has 0 saturated heterocycles. The zero-order chi connectivity index (χ0) is 13.4. The van der Waals surface area contributed by atoms with E-state index >= 15 is 0 Å². The SMILES string of the molecule is COC(C)CCC(=O)NCc1ccccc1CN. The van der Waals surface area contributed by atoms with Crippen LogP contribution in [0.2, 0.25) is 0 Å². The average Bonchev–Trinajstić information content (AvgIpc) is 2.42. The lowest BCUT2D eigenvalue weighted by atomic mass is 10.1. The van der Waals surface area contributed by atoms with Gasteiger partial charge in [-0.15, -0.1) is 0 Å². The summed E-state index contributed by atoms with van der Waals surface area (Å²) in [7, 11) is 1.65. The smallest absolute Gasteiger partial charge is 0.220 e. The van der Waals surface area contributed by atoms with Crippen molar-refractivity contribution < 1.29 is 9.53 Å². The van der Waals surface area contributed by atoms with Gasteiger partial charge in [-0.3, -0.25) is 4.79 Å². The molecule has 1 amide bonds. The molecule has 100 valence electrons. The molecule has 3 N–H and O–H groups in total. The highest BCUT2D eigenvalue weighted by Gasteiger charge is 2.06. The summed E-state index contributed by atoms with van der Waals surface area (Å²) in [5.74, 6) is 0.0470. The minimum absolute atomic E-state index is 0.0470. The van der Waals surface area contributed by atoms with E-state index < -0.39 is 0 Å². The summed E-state index contributed by atoms with van der Waals surface area (Å²) in [5.41, 5.74) is 7.79. The van der Waals surface area contributed by atoms with Crippen molar-refractivity contribution >= 4 is 5.91 Å². The van der Waals surface area contributed by atoms with E-state index in [-0.39, 0.29) is 12.0 Å². The van der Waals surface area contributed by atoms with Gasteiger partial charge in [0.1, 0.15) is 0 Å². The van der Waals surface area contributed by atoms with Crippen LogP contribution < -0.4 is 11.1 Å². The maximum atomic E-state index is 11.6. The summed E-state index contributed by atoms with van der Waals surface area (Å²) < 4.78 is 5.10. The Bertz CT molecular complexity index is 380. The van der Waals surface area contributed by atoms with Gasteiger partial charge in [0.15, 0.2) is 0 Å². The molecule has 4 heteroatoms. The van der Waals surface area contributed by atoms with Crippen LogP contribution in [-0.2, 0) is 22.6 Å². The Hall–Kier alpha value is -1.39. The van der Waals surface area contributed by atoms with Gasteiger partial charge < -0.3 is 15.8 Å². The largest absolute Gasteiger partial charge is 0.382 e. The Kier molecular flexibility index (Phi) is 6.39. The molecule has 0 spiro atoms. The maximum absolute atomic E-state index is 11.6. The third-order valence-electron chi connectivity index (χ3n) is 2.99. The Morgan fingerprint density at radius 3 is 2.67 bits per heavy atom. The molecule has 0 heterocycles. The molecule has 0 aliphatic rings. The van der Waals surface area contributed by atoms with E-state index in [1.165, 1.54) is 0 Å². The van der Waals surface area contributed by atoms with Crippen LogP contribution >= 0.6 is 0 Å². The summed E-state index contributed by atoms with van der Waals surface area (Å²) >= 11 is 0. The minimum Gasteiger partial charge on any atom is -0.382 e. The van der Waals surface area contributed by atoms with E-state index in [0.29, 0.717) is 19.5 Å². The molecule has 0 saturated carbocycles. The first-order valence-electron chi connectivity index (χ1n) is 6.23. The molecule has 1 unspecified atom stereocenters. The van der Waals surface area contributed by atoms with Gasteiger partial charge in [-0.2, -0.15) is 0 Å². The lowest BCUT2D eigenvalue weighted by molar-refractivity contribution is -0.121. The Labute approximate surface area is 109 Å². The number of methoxy groups -OCH3 is 1. The summed E-state index contributed by atoms with van der Waals surface area (Å²) in [4.78, 5) is 11.6. The molecule has 0 fully saturated rings. The van der Waals surface area contributed by atoms with Crippen molar-refractivity contribution in [3.8, 4) is 0 Å². The van der Waals surface area contributed by atoms with Gasteiger partial charge in [0, 0.05) is 26.6 Å². The summed E-state index contributed by atoms with van der Waals surface area (Å²) in [5, 5.41) is 2.90. The summed E-state index contributed by atoms with van der Waals surface area (Å²) in [6, 6.07) is 7.87. The van der Waals surface area contributed by atoms with Gasteiger partial charge in [0.25, 0.3) is 0 Å². The van der Waals surface area contributed by atoms with Gasteiger partial charge in [-0.1, -0.05) is 24.3 Å². The van der Waals surface area contributed by atoms with Crippen molar-refractivity contribution in [3.63, 3.8) is 0 Å². The number of carbonyl (C=O) groups excluding carboxylic acids is 1. The Morgan fingerprint density at radius 1 is 1.39 bits per heavy atom. The predicted molar refractivity (Wildman–Crippen MR) is 71.9 cm³/mol. The highest BCUT2D eigenvalue weighted by atomic mass is 16.5. The maximum Gasteiger partial charge on any atom is 0.220 e. The van der Waals surface area contributed by atoms with Crippen LogP contribution in [0, 0.1) is 0 Å². The highest BCUT2D eigenvalue weighted by Crippen LogP contribution is 2.07. The van der Waals surface area contributed by atoms with Crippen LogP contribution in [0.5, 0.6) is 0 Å². The summed E-state index contributed by atoms with van der Waals surface area (Å²) in [6.07, 6.45) is 1.34. The molecule has 1 rings (SSSR count). The molecule has 0 aliphatic carbocycles. The van der Waals surface area contributed by atoms with Crippen molar-refractivity contribution in [1.82, 2.24) is 5.32 Å². The molecule has 4 nitrogen and oxygen atoms in total. The van der Waals surface area contributed by atoms with E-state index in [1.54, 1.807) is 7.11 Å². The van der Waals surface area contributed by atoms with E-state index in [0.717, 1.165) is 17.5 Å². The molecule has 0 bridgehead atoms. The van der Waals surface area contributed by atoms with E-state index in [1.807, 2.05) is 31.2 Å². The fourth-order valence-corrected chi connectivity index (χ4v) is 1.66. The number of ether oxygens (including phenoxy) is 1. The molecular formula is C14H22N2O2. The third-order valence-corrected chi connectivity index (χ3v) is 2.99. The lowest BCUT2D eigenvalue weighted by Gasteiger charge is -2.11. The highest BCUT2D eigenvalue weighted by molar-refractivity contribution is 5.75. The van der Waals surface area contributed by atoms with Crippen molar-refractivity contribution in [2.45, 2.75) is 39.0 Å². The van der Waals surface area contributed by atoms with E-state index in [2.05, 4.69) is 5.32 Å². The molecule has 0 aromatic heterocycles. The van der Waals surface area contributed by atoms with Gasteiger partial charge in [0.05, 0.1) is 6.10 Å². The number of benzene rings is 1. The number of amides is 1. The molecule has 1 aromatic rings. The first-order chi connectivity index (χ1) is 8.67. The number of rotatable bonds is 7. The molecule has 0 radical (unpaired) electrons. The van der Waals surface area contributed by atoms with Gasteiger partial charge in [-0.05, 0) is 24.5 Å². The zero-order valence-corrected chi connectivity index (χ0v) is 11.1. The normalized spacial score (nSPS) is 12.2. The van der Waals surface area contributed by atoms with Crippen LogP contribution in [0.3, 0.4) is 0 Å². The quantitative estimate of drug-likeness (QED) is 0.772. The third kappa shape index (κ3) is 4.85. The first-order valence-corrected chi connectivity index (χ1v) is 6.23. The monoisotopic (exact) mass is 250 g/mol. The van der Waals surface area contributed by atoms with Crippen LogP contribution in [-0.4, -0.2) is 19.1 Å². The second-order valence-corrected chi connectivity index (χ2v) is 4.33. The summed E-state index contributed by atoms with van der Waals surface area (Å²) in [6.45, 7) is 2.98. The number of nitrogens with two attached hydrogens (primary N) is 1. The number of carbonyl (C=O) groups is 1. The molecule has 1 atom stereocenters. The topological polar surface area (TPSA) is 64.3 Å². The lowest BCUT2D eigenvalue weighted by Crippen LogP contribution is -2.24. The van der Waals surface area contributed by atoms with Gasteiger partial charge in [-0.25, -0.2) is 0 Å². The predicted octanol–water partition coefficient (Wildman–Crippen LogP) is 1.58. The van der Waals surface area contributed by atoms with E-state index in [4.69, 9.17) is 10.5 Å². The number of hydrogen-bond donors (Lipinski definition) is 2. The van der Waals surface area contributed by atoms with Crippen LogP contribution in [0.25, 0.3) is 0 Å². The van der Waals surface area contributed by atoms with Crippen molar-refractivity contribution in [2.75, 3.05) is 7.11 Å². The zero-order valence-electron chi connectivity index (χ0n) is 11.1. The average molecular weight is 250 g/mol. The standard InChI is InChI=1S/C14H22N2O2/c1-11(18-2)7-8-14(17)16-10-13-6-4-3-5-12(13)9-15/h3-6,11H,7-10,15H2,1-2H3,(H,16,17). The fraction of sp³-hybridized carbons (Fsp3) is 0.500. The van der Waals surface area contributed by atoms with Crippen LogP contribution in [0.1, 0.15) is 30.9 Å². The molecule has 18 heavy (non-hydrogen) atoms. The number of nitrogens with one attached hydrogen (secondary N) is 1. The van der Waals surface area contributed by atoms with E-state index in [9.17, 15) is 4.79 Å². The molecule has 0 aliphatic heterocycles. The van der Waals surface area contributed by atoms with Crippen molar-refractivity contribution in [1.29, 1.82) is 0 Å². The fourth-order valence-electron chi connectivity index (χ4n) is 1.66. The second-order valence-electron chi connectivity index (χ2n) is 4.33. The van der Waals surface area contributed by atoms with Crippen molar-refractivity contribution in [2.24, 2.45) is 5.73 Å². The number of hydrogen-bond acceptors (Lipinski definition) is 3. The van der Waals surface area contributed by atoms with Crippen LogP contribution in [0.4, 0.5) is 0 Å². The molecule has 1 aromatic carbocycles. The minimum atomic E-state index is 0.0470. The Morgan fingerprint density at radius 2 is 2.06 bits per heavy atom. The van der Waals surface area contributed by atoms with Gasteiger partial charge in [0.2, 0.25) is 5.91 Å². The van der Waals surface area contributed by atoms with Crippen LogP contribution in [0.15, 0.2) is 24.3 Å².